The number of nitrogens with one attached hydrogen (secondary N) is 1. The van der Waals surface area contributed by atoms with Gasteiger partial charge < -0.3 is 9.73 Å². The molecule has 0 saturated heterocycles. The van der Waals surface area contributed by atoms with E-state index in [1.807, 2.05) is 37.2 Å². The van der Waals surface area contributed by atoms with Crippen molar-refractivity contribution in [2.75, 3.05) is 20.6 Å². The maximum Gasteiger partial charge on any atom is 0.230 e. The van der Waals surface area contributed by atoms with Crippen LogP contribution in [0.3, 0.4) is 0 Å². The molecule has 1 unspecified atom stereocenters. The fraction of sp³-hybridized carbons (Fsp3) is 0.421. The number of likely N-dealkylation sites (N-methyl/N-ethyl adjacent to an activating group) is 1. The molecule has 0 radical (unpaired) electrons. The monoisotopic (exact) mass is 330 g/mol. The molecular weight excluding hydrogens is 307 g/mol. The molecule has 1 aromatic heterocycles. The molecule has 128 valence electrons. The summed E-state index contributed by atoms with van der Waals surface area (Å²) >= 11 is 0. The van der Waals surface area contributed by atoms with Crippen LogP contribution in [0.25, 0.3) is 0 Å². The van der Waals surface area contributed by atoms with Crippen molar-refractivity contribution in [3.8, 4) is 0 Å². The Kier molecular flexibility index (Phi) is 4.71. The van der Waals surface area contributed by atoms with Crippen LogP contribution in [-0.2, 0) is 10.2 Å². The summed E-state index contributed by atoms with van der Waals surface area (Å²) in [7, 11) is 3.90. The Hall–Kier alpha value is -2.14. The molecule has 5 heteroatoms. The summed E-state index contributed by atoms with van der Waals surface area (Å²) in [5, 5.41) is 3.05. The summed E-state index contributed by atoms with van der Waals surface area (Å²) in [6.45, 7) is 0.455. The van der Waals surface area contributed by atoms with Crippen molar-refractivity contribution in [3.63, 3.8) is 0 Å². The van der Waals surface area contributed by atoms with E-state index in [9.17, 15) is 9.18 Å². The third kappa shape index (κ3) is 3.08. The Bertz CT molecular complexity index is 693. The number of hydrogen-bond donors (Lipinski definition) is 1. The number of amides is 1. The van der Waals surface area contributed by atoms with Crippen molar-refractivity contribution in [2.24, 2.45) is 0 Å². The molecule has 1 N–H and O–H groups in total. The van der Waals surface area contributed by atoms with Crippen LogP contribution < -0.4 is 5.32 Å². The van der Waals surface area contributed by atoms with Gasteiger partial charge in [0.05, 0.1) is 17.7 Å². The fourth-order valence-electron chi connectivity index (χ4n) is 3.34. The van der Waals surface area contributed by atoms with Crippen molar-refractivity contribution in [3.05, 3.63) is 59.8 Å². The molecule has 0 spiro atoms. The van der Waals surface area contributed by atoms with Crippen molar-refractivity contribution in [1.29, 1.82) is 0 Å². The first-order valence-electron chi connectivity index (χ1n) is 8.27. The van der Waals surface area contributed by atoms with Crippen LogP contribution in [0.2, 0.25) is 0 Å². The minimum absolute atomic E-state index is 0.0299. The Morgan fingerprint density at radius 3 is 2.67 bits per heavy atom. The standard InChI is InChI=1S/C19H23FN2O2/c1-22(2)16(17-8-4-11-24-17)13-21-18(23)19(9-5-10-19)14-6-3-7-15(20)12-14/h3-4,6-8,11-12,16H,5,9-10,13H2,1-2H3,(H,21,23). The highest BCUT2D eigenvalue weighted by Gasteiger charge is 2.45. The Morgan fingerprint density at radius 2 is 2.12 bits per heavy atom. The second-order valence-corrected chi connectivity index (χ2v) is 6.65. The molecule has 0 aliphatic heterocycles. The van der Waals surface area contributed by atoms with E-state index in [0.717, 1.165) is 30.6 Å². The van der Waals surface area contributed by atoms with Gasteiger partial charge in [-0.25, -0.2) is 4.39 Å². The van der Waals surface area contributed by atoms with Gasteiger partial charge in [0.2, 0.25) is 5.91 Å². The third-order valence-electron chi connectivity index (χ3n) is 4.97. The molecule has 0 bridgehead atoms. The SMILES string of the molecule is CN(C)C(CNC(=O)C1(c2cccc(F)c2)CCC1)c1ccco1. The van der Waals surface area contributed by atoms with Gasteiger partial charge in [0.25, 0.3) is 0 Å². The minimum Gasteiger partial charge on any atom is -0.468 e. The van der Waals surface area contributed by atoms with Gasteiger partial charge in [-0.1, -0.05) is 18.6 Å². The van der Waals surface area contributed by atoms with Crippen LogP contribution >= 0.6 is 0 Å². The van der Waals surface area contributed by atoms with E-state index in [1.165, 1.54) is 12.1 Å². The number of halogens is 1. The Labute approximate surface area is 141 Å². The fourth-order valence-corrected chi connectivity index (χ4v) is 3.34. The highest BCUT2D eigenvalue weighted by atomic mass is 19.1. The average molecular weight is 330 g/mol. The molecular formula is C19H23FN2O2. The van der Waals surface area contributed by atoms with Gasteiger partial charge >= 0.3 is 0 Å². The van der Waals surface area contributed by atoms with Gasteiger partial charge in [-0.3, -0.25) is 9.69 Å². The predicted molar refractivity (Wildman–Crippen MR) is 90.1 cm³/mol. The summed E-state index contributed by atoms with van der Waals surface area (Å²) < 4.78 is 19.0. The minimum atomic E-state index is -0.595. The van der Waals surface area contributed by atoms with E-state index in [2.05, 4.69) is 5.32 Å². The maximum absolute atomic E-state index is 13.6. The summed E-state index contributed by atoms with van der Waals surface area (Å²) in [5.74, 6) is 0.486. The van der Waals surface area contributed by atoms with Crippen molar-refractivity contribution in [1.82, 2.24) is 10.2 Å². The molecule has 4 nitrogen and oxygen atoms in total. The van der Waals surface area contributed by atoms with Crippen LogP contribution in [0.5, 0.6) is 0 Å². The maximum atomic E-state index is 13.6. The zero-order chi connectivity index (χ0) is 17.2. The van der Waals surface area contributed by atoms with E-state index in [0.29, 0.717) is 6.54 Å². The summed E-state index contributed by atoms with van der Waals surface area (Å²) in [6, 6.07) is 10.1. The van der Waals surface area contributed by atoms with Crippen LogP contribution in [0.1, 0.15) is 36.6 Å². The zero-order valence-electron chi connectivity index (χ0n) is 14.1. The van der Waals surface area contributed by atoms with Gasteiger partial charge in [0.1, 0.15) is 11.6 Å². The van der Waals surface area contributed by atoms with Gasteiger partial charge in [0.15, 0.2) is 0 Å². The summed E-state index contributed by atoms with van der Waals surface area (Å²) in [6.07, 6.45) is 4.14. The van der Waals surface area contributed by atoms with E-state index in [4.69, 9.17) is 4.42 Å². The van der Waals surface area contributed by atoms with Crippen LogP contribution in [0.4, 0.5) is 4.39 Å². The number of furan rings is 1. The Balaban J connectivity index is 1.73. The lowest BCUT2D eigenvalue weighted by molar-refractivity contribution is -0.130. The second kappa shape index (κ2) is 6.77. The van der Waals surface area contributed by atoms with Gasteiger partial charge in [-0.2, -0.15) is 0 Å². The van der Waals surface area contributed by atoms with E-state index >= 15 is 0 Å². The number of carbonyl (C=O) groups is 1. The number of carbonyl (C=O) groups excluding carboxylic acids is 1. The van der Waals surface area contributed by atoms with Crippen molar-refractivity contribution >= 4 is 5.91 Å². The van der Waals surface area contributed by atoms with Crippen molar-refractivity contribution < 1.29 is 13.6 Å². The highest BCUT2D eigenvalue weighted by Crippen LogP contribution is 2.44. The highest BCUT2D eigenvalue weighted by molar-refractivity contribution is 5.89. The molecule has 1 aliphatic carbocycles. The zero-order valence-corrected chi connectivity index (χ0v) is 14.1. The molecule has 1 amide bonds. The predicted octanol–water partition coefficient (Wildman–Crippen LogP) is 3.26. The van der Waals surface area contributed by atoms with Crippen molar-refractivity contribution in [2.45, 2.75) is 30.7 Å². The number of benzene rings is 1. The largest absolute Gasteiger partial charge is 0.468 e. The number of hydrogen-bond acceptors (Lipinski definition) is 3. The average Bonchev–Trinajstić information content (AvgIpc) is 3.00. The van der Waals surface area contributed by atoms with E-state index in [1.54, 1.807) is 12.3 Å². The molecule has 1 aliphatic rings. The third-order valence-corrected chi connectivity index (χ3v) is 4.97. The molecule has 3 rings (SSSR count). The summed E-state index contributed by atoms with van der Waals surface area (Å²) in [5.41, 5.74) is 0.174. The van der Waals surface area contributed by atoms with E-state index in [-0.39, 0.29) is 17.8 Å². The van der Waals surface area contributed by atoms with Gasteiger partial charge in [-0.15, -0.1) is 0 Å². The molecule has 1 atom stereocenters. The molecule has 24 heavy (non-hydrogen) atoms. The van der Waals surface area contributed by atoms with Gasteiger partial charge in [-0.05, 0) is 56.8 Å². The van der Waals surface area contributed by atoms with Crippen LogP contribution in [0, 0.1) is 5.82 Å². The topological polar surface area (TPSA) is 45.5 Å². The lowest BCUT2D eigenvalue weighted by atomic mass is 9.63. The summed E-state index contributed by atoms with van der Waals surface area (Å²) in [4.78, 5) is 14.9. The molecule has 1 aromatic carbocycles. The smallest absolute Gasteiger partial charge is 0.230 e. The van der Waals surface area contributed by atoms with Crippen LogP contribution in [0.15, 0.2) is 47.1 Å². The molecule has 1 saturated carbocycles. The van der Waals surface area contributed by atoms with Crippen LogP contribution in [-0.4, -0.2) is 31.4 Å². The normalized spacial score (nSPS) is 17.3. The first-order chi connectivity index (χ1) is 11.5. The van der Waals surface area contributed by atoms with Gasteiger partial charge in [0, 0.05) is 6.54 Å². The first kappa shape index (κ1) is 16.7. The quantitative estimate of drug-likeness (QED) is 0.884. The first-order valence-corrected chi connectivity index (χ1v) is 8.27. The van der Waals surface area contributed by atoms with E-state index < -0.39 is 5.41 Å². The second-order valence-electron chi connectivity index (χ2n) is 6.65. The lowest BCUT2D eigenvalue weighted by Gasteiger charge is -2.41. The molecule has 2 aromatic rings. The number of rotatable bonds is 6. The lowest BCUT2D eigenvalue weighted by Crippen LogP contribution is -2.50. The molecule has 1 fully saturated rings. The number of nitrogens with zero attached hydrogens (tertiary/aromatic N) is 1. The Morgan fingerprint density at radius 1 is 1.33 bits per heavy atom. The molecule has 1 heterocycles.